The Hall–Kier alpha value is -0.960. The number of thioether (sulfide) groups is 1. The number of carbonyl (C=O) groups is 1. The quantitative estimate of drug-likeness (QED) is 0.224. The number of nitrogens with two attached hydrogens (primary N) is 1. The Bertz CT molecular complexity index is 527. The van der Waals surface area contributed by atoms with E-state index in [1.54, 1.807) is 0 Å². The van der Waals surface area contributed by atoms with Crippen molar-refractivity contribution in [3.8, 4) is 0 Å². The first kappa shape index (κ1) is 21.1. The fraction of sp³-hybridized carbons (Fsp3) is 0.529. The average molecular weight is 462 g/mol. The van der Waals surface area contributed by atoms with Gasteiger partial charge in [0.1, 0.15) is 0 Å². The standard InChI is InChI=1S/C17H26N4OS.HI/c1-19-17(20-9-11-23-15-7-3-2-4-8-15)21-10-5-6-14(13-21)12-16(18)22;/h2-4,7-8,14H,5-6,9-13H2,1H3,(H2,18,22)(H,19,20);1H. The molecule has 1 heterocycles. The molecule has 24 heavy (non-hydrogen) atoms. The lowest BCUT2D eigenvalue weighted by Crippen LogP contribution is -2.47. The largest absolute Gasteiger partial charge is 0.370 e. The van der Waals surface area contributed by atoms with E-state index in [-0.39, 0.29) is 29.9 Å². The predicted octanol–water partition coefficient (Wildman–Crippen LogP) is 2.56. The molecule has 1 unspecified atom stereocenters. The van der Waals surface area contributed by atoms with Gasteiger partial charge in [-0.3, -0.25) is 9.79 Å². The summed E-state index contributed by atoms with van der Waals surface area (Å²) in [6.45, 7) is 2.71. The minimum Gasteiger partial charge on any atom is -0.370 e. The van der Waals surface area contributed by atoms with Gasteiger partial charge in [0.05, 0.1) is 0 Å². The van der Waals surface area contributed by atoms with E-state index in [0.29, 0.717) is 12.3 Å². The first-order valence-corrected chi connectivity index (χ1v) is 9.09. The van der Waals surface area contributed by atoms with Crippen LogP contribution in [0.3, 0.4) is 0 Å². The highest BCUT2D eigenvalue weighted by atomic mass is 127. The average Bonchev–Trinajstić information content (AvgIpc) is 2.55. The summed E-state index contributed by atoms with van der Waals surface area (Å²) in [4.78, 5) is 19.0. The van der Waals surface area contributed by atoms with Crippen molar-refractivity contribution in [2.75, 3.05) is 32.4 Å². The Kier molecular flexibility index (Phi) is 10.2. The highest BCUT2D eigenvalue weighted by molar-refractivity contribution is 14.0. The molecule has 1 aromatic carbocycles. The van der Waals surface area contributed by atoms with E-state index in [1.165, 1.54) is 4.90 Å². The summed E-state index contributed by atoms with van der Waals surface area (Å²) in [5, 5.41) is 3.42. The monoisotopic (exact) mass is 462 g/mol. The highest BCUT2D eigenvalue weighted by Gasteiger charge is 2.23. The number of carbonyl (C=O) groups excluding carboxylic acids is 1. The molecular formula is C17H27IN4OS. The molecule has 0 aromatic heterocycles. The number of nitrogens with zero attached hydrogens (tertiary/aromatic N) is 2. The van der Waals surface area contributed by atoms with E-state index >= 15 is 0 Å². The van der Waals surface area contributed by atoms with Gasteiger partial charge >= 0.3 is 0 Å². The minimum atomic E-state index is -0.209. The number of guanidine groups is 1. The molecule has 1 atom stereocenters. The van der Waals surface area contributed by atoms with E-state index in [1.807, 2.05) is 24.9 Å². The lowest BCUT2D eigenvalue weighted by Gasteiger charge is -2.34. The zero-order valence-electron chi connectivity index (χ0n) is 14.1. The first-order valence-electron chi connectivity index (χ1n) is 8.11. The molecule has 1 fully saturated rings. The van der Waals surface area contributed by atoms with Crippen molar-refractivity contribution in [1.82, 2.24) is 10.2 Å². The van der Waals surface area contributed by atoms with E-state index in [4.69, 9.17) is 5.73 Å². The van der Waals surface area contributed by atoms with Gasteiger partial charge in [0.15, 0.2) is 5.96 Å². The van der Waals surface area contributed by atoms with Crippen LogP contribution in [-0.4, -0.2) is 49.2 Å². The Morgan fingerprint density at radius 3 is 2.83 bits per heavy atom. The lowest BCUT2D eigenvalue weighted by molar-refractivity contribution is -0.119. The maximum atomic E-state index is 11.1. The summed E-state index contributed by atoms with van der Waals surface area (Å²) in [5.41, 5.74) is 5.32. The van der Waals surface area contributed by atoms with Gasteiger partial charge in [-0.15, -0.1) is 35.7 Å². The van der Waals surface area contributed by atoms with Crippen LogP contribution in [0.4, 0.5) is 0 Å². The summed E-state index contributed by atoms with van der Waals surface area (Å²) in [6.07, 6.45) is 2.62. The van der Waals surface area contributed by atoms with Crippen LogP contribution in [0.15, 0.2) is 40.2 Å². The zero-order valence-corrected chi connectivity index (χ0v) is 17.3. The van der Waals surface area contributed by atoms with Crippen molar-refractivity contribution in [1.29, 1.82) is 0 Å². The van der Waals surface area contributed by atoms with Crippen LogP contribution in [0.25, 0.3) is 0 Å². The van der Waals surface area contributed by atoms with Crippen molar-refractivity contribution < 1.29 is 4.79 Å². The zero-order chi connectivity index (χ0) is 16.5. The molecule has 5 nitrogen and oxygen atoms in total. The molecule has 0 radical (unpaired) electrons. The number of halogens is 1. The van der Waals surface area contributed by atoms with Crippen LogP contribution >= 0.6 is 35.7 Å². The first-order chi connectivity index (χ1) is 11.2. The molecule has 1 amide bonds. The third-order valence-electron chi connectivity index (χ3n) is 3.92. The van der Waals surface area contributed by atoms with Crippen LogP contribution < -0.4 is 11.1 Å². The second-order valence-corrected chi connectivity index (χ2v) is 6.93. The van der Waals surface area contributed by atoms with Crippen LogP contribution in [0, 0.1) is 5.92 Å². The number of benzene rings is 1. The number of hydrogen-bond donors (Lipinski definition) is 2. The summed E-state index contributed by atoms with van der Waals surface area (Å²) >= 11 is 1.83. The molecule has 1 aliphatic rings. The topological polar surface area (TPSA) is 70.7 Å². The van der Waals surface area contributed by atoms with E-state index in [2.05, 4.69) is 39.5 Å². The second-order valence-electron chi connectivity index (χ2n) is 5.76. The molecule has 134 valence electrons. The van der Waals surface area contributed by atoms with Gasteiger partial charge in [-0.25, -0.2) is 0 Å². The predicted molar refractivity (Wildman–Crippen MR) is 112 cm³/mol. The molecule has 7 heteroatoms. The third kappa shape index (κ3) is 7.29. The lowest BCUT2D eigenvalue weighted by atomic mass is 9.95. The Labute approximate surface area is 165 Å². The fourth-order valence-electron chi connectivity index (χ4n) is 2.89. The maximum Gasteiger partial charge on any atom is 0.217 e. The van der Waals surface area contributed by atoms with Crippen LogP contribution in [0.5, 0.6) is 0 Å². The van der Waals surface area contributed by atoms with E-state index < -0.39 is 0 Å². The molecule has 1 aromatic rings. The number of aliphatic imine (C=N–C) groups is 1. The molecule has 3 N–H and O–H groups in total. The summed E-state index contributed by atoms with van der Waals surface area (Å²) in [7, 11) is 1.81. The SMILES string of the molecule is CN=C(NCCSc1ccccc1)N1CCCC(CC(N)=O)C1.I. The van der Waals surface area contributed by atoms with Crippen molar-refractivity contribution in [2.24, 2.45) is 16.6 Å². The number of likely N-dealkylation sites (tertiary alicyclic amines) is 1. The summed E-state index contributed by atoms with van der Waals surface area (Å²) in [5.74, 6) is 2.05. The smallest absolute Gasteiger partial charge is 0.217 e. The molecule has 0 aliphatic carbocycles. The molecule has 2 rings (SSSR count). The van der Waals surface area contributed by atoms with Gasteiger partial charge in [0.25, 0.3) is 0 Å². The number of primary amides is 1. The highest BCUT2D eigenvalue weighted by Crippen LogP contribution is 2.19. The van der Waals surface area contributed by atoms with Gasteiger partial charge in [0.2, 0.25) is 5.91 Å². The summed E-state index contributed by atoms with van der Waals surface area (Å²) < 4.78 is 0. The van der Waals surface area contributed by atoms with Gasteiger partial charge < -0.3 is 16.0 Å². The van der Waals surface area contributed by atoms with Crippen LogP contribution in [0.1, 0.15) is 19.3 Å². The van der Waals surface area contributed by atoms with Crippen molar-refractivity contribution >= 4 is 47.6 Å². The van der Waals surface area contributed by atoms with Gasteiger partial charge in [-0.1, -0.05) is 18.2 Å². The van der Waals surface area contributed by atoms with Gasteiger partial charge in [-0.05, 0) is 30.9 Å². The summed E-state index contributed by atoms with van der Waals surface area (Å²) in [6, 6.07) is 10.4. The fourth-order valence-corrected chi connectivity index (χ4v) is 3.68. The number of amides is 1. The normalized spacial score (nSPS) is 18.0. The van der Waals surface area contributed by atoms with Crippen molar-refractivity contribution in [3.63, 3.8) is 0 Å². The second kappa shape index (κ2) is 11.6. The molecule has 0 spiro atoms. The molecule has 1 saturated heterocycles. The molecule has 1 aliphatic heterocycles. The number of piperidine rings is 1. The third-order valence-corrected chi connectivity index (χ3v) is 4.93. The Morgan fingerprint density at radius 1 is 1.42 bits per heavy atom. The number of hydrogen-bond acceptors (Lipinski definition) is 3. The van der Waals surface area contributed by atoms with E-state index in [9.17, 15) is 4.79 Å². The maximum absolute atomic E-state index is 11.1. The van der Waals surface area contributed by atoms with Crippen molar-refractivity contribution in [2.45, 2.75) is 24.2 Å². The Morgan fingerprint density at radius 2 is 2.17 bits per heavy atom. The molecule has 0 saturated carbocycles. The Balaban J connectivity index is 0.00000288. The molecular weight excluding hydrogens is 435 g/mol. The number of rotatable bonds is 6. The van der Waals surface area contributed by atoms with E-state index in [0.717, 1.165) is 44.2 Å². The minimum absolute atomic E-state index is 0. The van der Waals surface area contributed by atoms with Gasteiger partial charge in [-0.2, -0.15) is 0 Å². The van der Waals surface area contributed by atoms with Gasteiger partial charge in [0, 0.05) is 43.8 Å². The van der Waals surface area contributed by atoms with Crippen LogP contribution in [0.2, 0.25) is 0 Å². The van der Waals surface area contributed by atoms with Crippen LogP contribution in [-0.2, 0) is 4.79 Å². The van der Waals surface area contributed by atoms with Crippen molar-refractivity contribution in [3.05, 3.63) is 30.3 Å². The molecule has 0 bridgehead atoms. The number of nitrogens with one attached hydrogen (secondary N) is 1.